The van der Waals surface area contributed by atoms with E-state index in [0.29, 0.717) is 6.42 Å². The molecular formula is C19H19NO3. The van der Waals surface area contributed by atoms with Gasteiger partial charge in [-0.1, -0.05) is 36.4 Å². The van der Waals surface area contributed by atoms with E-state index in [1.807, 2.05) is 24.1 Å². The second kappa shape index (κ2) is 6.24. The molecule has 0 fully saturated rings. The van der Waals surface area contributed by atoms with E-state index in [0.717, 1.165) is 18.4 Å². The molecule has 0 bridgehead atoms. The number of aromatic carboxylic acids is 1. The van der Waals surface area contributed by atoms with Gasteiger partial charge >= 0.3 is 5.97 Å². The number of benzene rings is 2. The van der Waals surface area contributed by atoms with Gasteiger partial charge < -0.3 is 10.0 Å². The van der Waals surface area contributed by atoms with Gasteiger partial charge in [0.2, 0.25) is 5.91 Å². The van der Waals surface area contributed by atoms with E-state index in [1.54, 1.807) is 12.1 Å². The van der Waals surface area contributed by atoms with Crippen LogP contribution >= 0.6 is 0 Å². The molecule has 1 amide bonds. The second-order valence-corrected chi connectivity index (χ2v) is 6.01. The lowest BCUT2D eigenvalue weighted by atomic mass is 10.1. The zero-order valence-electron chi connectivity index (χ0n) is 13.0. The van der Waals surface area contributed by atoms with Crippen LogP contribution in [0.3, 0.4) is 0 Å². The van der Waals surface area contributed by atoms with Crippen molar-refractivity contribution in [2.24, 2.45) is 0 Å². The number of carbonyl (C=O) groups is 2. The number of carbonyl (C=O) groups excluding carboxylic acids is 1. The van der Waals surface area contributed by atoms with E-state index in [1.165, 1.54) is 23.3 Å². The molecule has 1 N–H and O–H groups in total. The van der Waals surface area contributed by atoms with Crippen LogP contribution in [0.15, 0.2) is 48.5 Å². The van der Waals surface area contributed by atoms with Gasteiger partial charge in [-0.3, -0.25) is 4.79 Å². The molecule has 0 aromatic heterocycles. The van der Waals surface area contributed by atoms with Gasteiger partial charge in [-0.25, -0.2) is 4.79 Å². The Morgan fingerprint density at radius 1 is 1.04 bits per heavy atom. The van der Waals surface area contributed by atoms with Crippen molar-refractivity contribution in [3.8, 4) is 0 Å². The molecule has 0 saturated carbocycles. The van der Waals surface area contributed by atoms with Gasteiger partial charge in [0, 0.05) is 13.1 Å². The first-order valence-corrected chi connectivity index (χ1v) is 7.69. The summed E-state index contributed by atoms with van der Waals surface area (Å²) in [7, 11) is 1.85. The normalized spacial score (nSPS) is 13.6. The average Bonchev–Trinajstić information content (AvgIpc) is 2.98. The first kappa shape index (κ1) is 15.3. The maximum Gasteiger partial charge on any atom is 0.335 e. The van der Waals surface area contributed by atoms with Crippen molar-refractivity contribution in [2.45, 2.75) is 25.3 Å². The summed E-state index contributed by atoms with van der Waals surface area (Å²) in [5, 5.41) is 8.90. The summed E-state index contributed by atoms with van der Waals surface area (Å²) in [6.07, 6.45) is 2.09. The third-order valence-corrected chi connectivity index (χ3v) is 4.53. The molecule has 1 aliphatic carbocycles. The molecule has 118 valence electrons. The smallest absolute Gasteiger partial charge is 0.335 e. The van der Waals surface area contributed by atoms with Crippen LogP contribution in [-0.4, -0.2) is 35.0 Å². The Morgan fingerprint density at radius 2 is 1.61 bits per heavy atom. The van der Waals surface area contributed by atoms with Crippen molar-refractivity contribution in [1.29, 1.82) is 0 Å². The highest BCUT2D eigenvalue weighted by Crippen LogP contribution is 2.25. The highest BCUT2D eigenvalue weighted by Gasteiger charge is 2.27. The lowest BCUT2D eigenvalue weighted by molar-refractivity contribution is -0.131. The molecule has 0 radical (unpaired) electrons. The predicted octanol–water partition coefficient (Wildman–Crippen LogP) is 2.55. The standard InChI is InChI=1S/C19H19NO3/c1-20(17-11-15-4-2-3-5-16(15)12-17)18(21)10-13-6-8-14(9-7-13)19(22)23/h2-9,17H,10-12H2,1H3,(H,22,23). The van der Waals surface area contributed by atoms with Crippen LogP contribution in [0.1, 0.15) is 27.0 Å². The fourth-order valence-corrected chi connectivity index (χ4v) is 3.08. The van der Waals surface area contributed by atoms with Crippen LogP contribution in [0.25, 0.3) is 0 Å². The summed E-state index contributed by atoms with van der Waals surface area (Å²) < 4.78 is 0. The quantitative estimate of drug-likeness (QED) is 0.944. The zero-order chi connectivity index (χ0) is 16.4. The van der Waals surface area contributed by atoms with Gasteiger partial charge in [0.15, 0.2) is 0 Å². The van der Waals surface area contributed by atoms with E-state index >= 15 is 0 Å². The fraction of sp³-hybridized carbons (Fsp3) is 0.263. The Bertz CT molecular complexity index is 712. The third-order valence-electron chi connectivity index (χ3n) is 4.53. The second-order valence-electron chi connectivity index (χ2n) is 6.01. The molecule has 2 aromatic rings. The van der Waals surface area contributed by atoms with Gasteiger partial charge in [-0.2, -0.15) is 0 Å². The Balaban J connectivity index is 1.63. The maximum atomic E-state index is 12.5. The molecule has 3 rings (SSSR count). The molecule has 4 nitrogen and oxygen atoms in total. The van der Waals surface area contributed by atoms with Crippen LogP contribution in [0, 0.1) is 0 Å². The Kier molecular flexibility index (Phi) is 4.15. The van der Waals surface area contributed by atoms with E-state index < -0.39 is 5.97 Å². The average molecular weight is 309 g/mol. The summed E-state index contributed by atoms with van der Waals surface area (Å²) in [6.45, 7) is 0. The Labute approximate surface area is 135 Å². The largest absolute Gasteiger partial charge is 0.478 e. The van der Waals surface area contributed by atoms with Crippen LogP contribution in [-0.2, 0) is 24.1 Å². The molecule has 0 spiro atoms. The molecule has 4 heteroatoms. The summed E-state index contributed by atoms with van der Waals surface area (Å²) in [4.78, 5) is 25.2. The molecule has 0 unspecified atom stereocenters. The molecule has 0 heterocycles. The summed E-state index contributed by atoms with van der Waals surface area (Å²) in [6, 6.07) is 15.0. The van der Waals surface area contributed by atoms with Crippen molar-refractivity contribution in [3.05, 3.63) is 70.8 Å². The van der Waals surface area contributed by atoms with Gasteiger partial charge in [0.25, 0.3) is 0 Å². The molecule has 2 aromatic carbocycles. The Hall–Kier alpha value is -2.62. The number of amides is 1. The summed E-state index contributed by atoms with van der Waals surface area (Å²) >= 11 is 0. The van der Waals surface area contributed by atoms with E-state index in [4.69, 9.17) is 5.11 Å². The number of carboxylic acid groups (broad SMARTS) is 1. The van der Waals surface area contributed by atoms with Crippen molar-refractivity contribution in [2.75, 3.05) is 7.05 Å². The number of carboxylic acids is 1. The summed E-state index contributed by atoms with van der Waals surface area (Å²) in [5.41, 5.74) is 3.72. The number of likely N-dealkylation sites (N-methyl/N-ethyl adjacent to an activating group) is 1. The van der Waals surface area contributed by atoms with Gasteiger partial charge in [-0.15, -0.1) is 0 Å². The molecular weight excluding hydrogens is 290 g/mol. The minimum Gasteiger partial charge on any atom is -0.478 e. The molecule has 1 aliphatic rings. The molecule has 0 atom stereocenters. The third kappa shape index (κ3) is 3.26. The molecule has 0 aliphatic heterocycles. The number of nitrogens with zero attached hydrogens (tertiary/aromatic N) is 1. The first-order chi connectivity index (χ1) is 11.0. The Morgan fingerprint density at radius 3 is 2.13 bits per heavy atom. The van der Waals surface area contributed by atoms with E-state index in [2.05, 4.69) is 12.1 Å². The minimum atomic E-state index is -0.955. The minimum absolute atomic E-state index is 0.0610. The highest BCUT2D eigenvalue weighted by molar-refractivity contribution is 5.87. The van der Waals surface area contributed by atoms with Crippen molar-refractivity contribution < 1.29 is 14.7 Å². The number of fused-ring (bicyclic) bond motifs is 1. The maximum absolute atomic E-state index is 12.5. The lowest BCUT2D eigenvalue weighted by Gasteiger charge is -2.24. The SMILES string of the molecule is CN(C(=O)Cc1ccc(C(=O)O)cc1)C1Cc2ccccc2C1. The summed E-state index contributed by atoms with van der Waals surface area (Å²) in [5.74, 6) is -0.894. The molecule has 23 heavy (non-hydrogen) atoms. The topological polar surface area (TPSA) is 57.6 Å². The fourth-order valence-electron chi connectivity index (χ4n) is 3.08. The molecule has 0 saturated heterocycles. The van der Waals surface area contributed by atoms with Crippen LogP contribution in [0.4, 0.5) is 0 Å². The van der Waals surface area contributed by atoms with Crippen LogP contribution in [0.5, 0.6) is 0 Å². The van der Waals surface area contributed by atoms with Crippen molar-refractivity contribution >= 4 is 11.9 Å². The first-order valence-electron chi connectivity index (χ1n) is 7.69. The van der Waals surface area contributed by atoms with Gasteiger partial charge in [-0.05, 0) is 41.7 Å². The van der Waals surface area contributed by atoms with Crippen molar-refractivity contribution in [3.63, 3.8) is 0 Å². The van der Waals surface area contributed by atoms with Crippen molar-refractivity contribution in [1.82, 2.24) is 4.90 Å². The van der Waals surface area contributed by atoms with E-state index in [-0.39, 0.29) is 17.5 Å². The monoisotopic (exact) mass is 309 g/mol. The number of hydrogen-bond acceptors (Lipinski definition) is 2. The number of hydrogen-bond donors (Lipinski definition) is 1. The van der Waals surface area contributed by atoms with Crippen LogP contribution < -0.4 is 0 Å². The van der Waals surface area contributed by atoms with Gasteiger partial charge in [0.1, 0.15) is 0 Å². The zero-order valence-corrected chi connectivity index (χ0v) is 13.0. The number of rotatable bonds is 4. The van der Waals surface area contributed by atoms with Gasteiger partial charge in [0.05, 0.1) is 12.0 Å². The highest BCUT2D eigenvalue weighted by atomic mass is 16.4. The predicted molar refractivity (Wildman–Crippen MR) is 87.5 cm³/mol. The lowest BCUT2D eigenvalue weighted by Crippen LogP contribution is -2.38. The van der Waals surface area contributed by atoms with Crippen LogP contribution in [0.2, 0.25) is 0 Å². The van der Waals surface area contributed by atoms with E-state index in [9.17, 15) is 9.59 Å².